The average molecular weight is 198 g/mol. The molecule has 0 heterocycles. The first-order valence-electron chi connectivity index (χ1n) is 4.46. The summed E-state index contributed by atoms with van der Waals surface area (Å²) in [6.45, 7) is 3.59. The van der Waals surface area contributed by atoms with Crippen LogP contribution in [0.15, 0.2) is 18.2 Å². The van der Waals surface area contributed by atoms with E-state index in [1.807, 2.05) is 0 Å². The summed E-state index contributed by atoms with van der Waals surface area (Å²) in [4.78, 5) is 10.7. The predicted octanol–water partition coefficient (Wildman–Crippen LogP) is 2.90. The fourth-order valence-corrected chi connectivity index (χ4v) is 1.36. The van der Waals surface area contributed by atoms with Gasteiger partial charge in [-0.15, -0.1) is 0 Å². The van der Waals surface area contributed by atoms with Gasteiger partial charge in [0.15, 0.2) is 0 Å². The highest BCUT2D eigenvalue weighted by Crippen LogP contribution is 2.25. The van der Waals surface area contributed by atoms with Crippen molar-refractivity contribution >= 4 is 6.29 Å². The monoisotopic (exact) mass is 198 g/mol. The van der Waals surface area contributed by atoms with Gasteiger partial charge in [0.05, 0.1) is 0 Å². The van der Waals surface area contributed by atoms with E-state index in [0.717, 1.165) is 18.2 Å². The molecule has 1 unspecified atom stereocenters. The molecule has 1 nitrogen and oxygen atoms in total. The molecule has 76 valence electrons. The lowest BCUT2D eigenvalue weighted by molar-refractivity contribution is -0.109. The Labute approximate surface area is 81.7 Å². The molecule has 0 spiro atoms. The fraction of sp³-hybridized carbons (Fsp3) is 0.364. The number of hydrogen-bond donors (Lipinski definition) is 0. The number of carbonyl (C=O) groups excluding carboxylic acids is 1. The second-order valence-corrected chi connectivity index (χ2v) is 3.57. The van der Waals surface area contributed by atoms with Crippen LogP contribution in [0.25, 0.3) is 0 Å². The SMILES string of the molecule is CC(C)C(C=O)c1cc(F)ccc1F. The number of aldehydes is 1. The fourth-order valence-electron chi connectivity index (χ4n) is 1.36. The quantitative estimate of drug-likeness (QED) is 0.682. The Morgan fingerprint density at radius 3 is 2.43 bits per heavy atom. The van der Waals surface area contributed by atoms with Crippen molar-refractivity contribution in [3.05, 3.63) is 35.4 Å². The second kappa shape index (κ2) is 4.31. The van der Waals surface area contributed by atoms with Gasteiger partial charge < -0.3 is 4.79 Å². The Kier molecular flexibility index (Phi) is 3.33. The number of hydrogen-bond acceptors (Lipinski definition) is 1. The van der Waals surface area contributed by atoms with E-state index in [-0.39, 0.29) is 11.5 Å². The van der Waals surface area contributed by atoms with E-state index >= 15 is 0 Å². The van der Waals surface area contributed by atoms with Gasteiger partial charge in [0.1, 0.15) is 17.9 Å². The van der Waals surface area contributed by atoms with Gasteiger partial charge in [-0.1, -0.05) is 13.8 Å². The maximum atomic E-state index is 13.2. The second-order valence-electron chi connectivity index (χ2n) is 3.57. The van der Waals surface area contributed by atoms with Crippen molar-refractivity contribution in [3.8, 4) is 0 Å². The standard InChI is InChI=1S/C11H12F2O/c1-7(2)10(6-14)9-5-8(12)3-4-11(9)13/h3-7,10H,1-2H3. The van der Waals surface area contributed by atoms with Crippen LogP contribution in [0.5, 0.6) is 0 Å². The molecule has 0 aliphatic heterocycles. The highest BCUT2D eigenvalue weighted by molar-refractivity contribution is 5.62. The van der Waals surface area contributed by atoms with Crippen LogP contribution >= 0.6 is 0 Å². The first-order chi connectivity index (χ1) is 6.56. The third-order valence-corrected chi connectivity index (χ3v) is 2.18. The van der Waals surface area contributed by atoms with Crippen molar-refractivity contribution in [2.45, 2.75) is 19.8 Å². The molecule has 0 fully saturated rings. The highest BCUT2D eigenvalue weighted by Gasteiger charge is 2.19. The molecule has 1 aromatic carbocycles. The zero-order chi connectivity index (χ0) is 10.7. The van der Waals surface area contributed by atoms with Crippen LogP contribution in [0.3, 0.4) is 0 Å². The highest BCUT2D eigenvalue weighted by atomic mass is 19.1. The zero-order valence-electron chi connectivity index (χ0n) is 8.13. The van der Waals surface area contributed by atoms with Crippen LogP contribution < -0.4 is 0 Å². The molecule has 1 atom stereocenters. The molecule has 1 rings (SSSR count). The summed E-state index contributed by atoms with van der Waals surface area (Å²) in [7, 11) is 0. The molecule has 0 bridgehead atoms. The van der Waals surface area contributed by atoms with Crippen molar-refractivity contribution in [1.82, 2.24) is 0 Å². The summed E-state index contributed by atoms with van der Waals surface area (Å²) < 4.78 is 26.1. The Morgan fingerprint density at radius 2 is 1.93 bits per heavy atom. The molecule has 1 aromatic rings. The molecule has 3 heteroatoms. The van der Waals surface area contributed by atoms with Crippen LogP contribution in [-0.2, 0) is 4.79 Å². The van der Waals surface area contributed by atoms with Gasteiger partial charge in [0.25, 0.3) is 0 Å². The number of rotatable bonds is 3. The lowest BCUT2D eigenvalue weighted by atomic mass is 9.89. The van der Waals surface area contributed by atoms with Gasteiger partial charge in [-0.05, 0) is 24.1 Å². The average Bonchev–Trinajstić information content (AvgIpc) is 2.11. The van der Waals surface area contributed by atoms with Crippen molar-refractivity contribution < 1.29 is 13.6 Å². The summed E-state index contributed by atoms with van der Waals surface area (Å²) >= 11 is 0. The molecule has 0 saturated carbocycles. The van der Waals surface area contributed by atoms with Crippen LogP contribution in [0.1, 0.15) is 25.3 Å². The summed E-state index contributed by atoms with van der Waals surface area (Å²) in [6, 6.07) is 3.17. The van der Waals surface area contributed by atoms with Crippen molar-refractivity contribution in [2.75, 3.05) is 0 Å². The first kappa shape index (κ1) is 10.8. The largest absolute Gasteiger partial charge is 0.303 e. The van der Waals surface area contributed by atoms with Crippen molar-refractivity contribution in [3.63, 3.8) is 0 Å². The van der Waals surface area contributed by atoms with Gasteiger partial charge in [-0.2, -0.15) is 0 Å². The minimum Gasteiger partial charge on any atom is -0.303 e. The van der Waals surface area contributed by atoms with E-state index in [2.05, 4.69) is 0 Å². The van der Waals surface area contributed by atoms with Gasteiger partial charge in [-0.25, -0.2) is 8.78 Å². The summed E-state index contributed by atoms with van der Waals surface area (Å²) in [6.07, 6.45) is 0.655. The lowest BCUT2D eigenvalue weighted by Crippen LogP contribution is -2.10. The van der Waals surface area contributed by atoms with Crippen LogP contribution in [-0.4, -0.2) is 6.29 Å². The van der Waals surface area contributed by atoms with Gasteiger partial charge in [-0.3, -0.25) is 0 Å². The van der Waals surface area contributed by atoms with Crippen LogP contribution in [0, 0.1) is 17.6 Å². The number of halogens is 2. The van der Waals surface area contributed by atoms with Crippen LogP contribution in [0.2, 0.25) is 0 Å². The topological polar surface area (TPSA) is 17.1 Å². The molecule has 0 aliphatic rings. The molecule has 14 heavy (non-hydrogen) atoms. The molecule has 0 N–H and O–H groups in total. The molecule has 0 amide bonds. The van der Waals surface area contributed by atoms with E-state index in [9.17, 15) is 13.6 Å². The summed E-state index contributed by atoms with van der Waals surface area (Å²) in [5.74, 6) is -1.67. The van der Waals surface area contributed by atoms with Gasteiger partial charge in [0.2, 0.25) is 0 Å². The maximum Gasteiger partial charge on any atom is 0.127 e. The van der Waals surface area contributed by atoms with E-state index < -0.39 is 17.6 Å². The minimum atomic E-state index is -0.578. The van der Waals surface area contributed by atoms with Gasteiger partial charge in [0, 0.05) is 11.5 Å². The van der Waals surface area contributed by atoms with E-state index in [1.54, 1.807) is 13.8 Å². The lowest BCUT2D eigenvalue weighted by Gasteiger charge is -2.15. The Hall–Kier alpha value is -1.25. The number of carbonyl (C=O) groups is 1. The Morgan fingerprint density at radius 1 is 1.29 bits per heavy atom. The molecule has 0 saturated heterocycles. The third kappa shape index (κ3) is 2.16. The maximum absolute atomic E-state index is 13.2. The Balaban J connectivity index is 3.15. The van der Waals surface area contributed by atoms with Crippen molar-refractivity contribution in [2.24, 2.45) is 5.92 Å². The van der Waals surface area contributed by atoms with E-state index in [0.29, 0.717) is 6.29 Å². The third-order valence-electron chi connectivity index (χ3n) is 2.18. The number of benzene rings is 1. The molecular weight excluding hydrogens is 186 g/mol. The van der Waals surface area contributed by atoms with E-state index in [1.165, 1.54) is 0 Å². The molecule has 0 aliphatic carbocycles. The molecule has 0 radical (unpaired) electrons. The summed E-state index contributed by atoms with van der Waals surface area (Å²) in [5, 5.41) is 0. The van der Waals surface area contributed by atoms with E-state index in [4.69, 9.17) is 0 Å². The minimum absolute atomic E-state index is 0.0381. The Bertz CT molecular complexity index is 334. The molecular formula is C11H12F2O. The van der Waals surface area contributed by atoms with Gasteiger partial charge >= 0.3 is 0 Å². The predicted molar refractivity (Wildman–Crippen MR) is 50.0 cm³/mol. The normalized spacial score (nSPS) is 12.9. The smallest absolute Gasteiger partial charge is 0.127 e. The summed E-state index contributed by atoms with van der Waals surface area (Å²) in [5.41, 5.74) is 0.134. The zero-order valence-corrected chi connectivity index (χ0v) is 8.13. The van der Waals surface area contributed by atoms with Crippen molar-refractivity contribution in [1.29, 1.82) is 0 Å². The van der Waals surface area contributed by atoms with Crippen LogP contribution in [0.4, 0.5) is 8.78 Å². The molecule has 0 aromatic heterocycles. The first-order valence-corrected chi connectivity index (χ1v) is 4.46.